The van der Waals surface area contributed by atoms with Gasteiger partial charge in [-0.25, -0.2) is 0 Å². The van der Waals surface area contributed by atoms with Gasteiger partial charge in [0.25, 0.3) is 0 Å². The smallest absolute Gasteiger partial charge is 0.0459 e. The van der Waals surface area contributed by atoms with E-state index in [9.17, 15) is 0 Å². The third-order valence-corrected chi connectivity index (χ3v) is 4.33. The van der Waals surface area contributed by atoms with Crippen molar-refractivity contribution >= 4 is 23.2 Å². The van der Waals surface area contributed by atoms with Gasteiger partial charge in [-0.3, -0.25) is 0 Å². The zero-order valence-corrected chi connectivity index (χ0v) is 10.5. The van der Waals surface area contributed by atoms with Crippen molar-refractivity contribution in [1.82, 2.24) is 0 Å². The zero-order valence-electron chi connectivity index (χ0n) is 8.98. The molecular formula is C12H15Cl2N. The van der Waals surface area contributed by atoms with E-state index < -0.39 is 0 Å². The molecule has 1 aromatic carbocycles. The van der Waals surface area contributed by atoms with Crippen LogP contribution in [0.4, 0.5) is 0 Å². The van der Waals surface area contributed by atoms with Crippen LogP contribution in [-0.4, -0.2) is 6.54 Å². The number of hydrogen-bond donors (Lipinski definition) is 1. The average molecular weight is 244 g/mol. The molecule has 82 valence electrons. The van der Waals surface area contributed by atoms with Gasteiger partial charge in [-0.15, -0.1) is 0 Å². The maximum atomic E-state index is 6.22. The van der Waals surface area contributed by atoms with Gasteiger partial charge in [-0.2, -0.15) is 0 Å². The van der Waals surface area contributed by atoms with Crippen LogP contribution in [0.1, 0.15) is 25.8 Å². The van der Waals surface area contributed by atoms with E-state index in [4.69, 9.17) is 28.9 Å². The Labute approximate surface area is 101 Å². The van der Waals surface area contributed by atoms with Crippen molar-refractivity contribution in [3.63, 3.8) is 0 Å². The highest BCUT2D eigenvalue weighted by Crippen LogP contribution is 2.65. The third kappa shape index (κ3) is 1.49. The predicted molar refractivity (Wildman–Crippen MR) is 65.6 cm³/mol. The molecule has 0 saturated heterocycles. The number of hydrogen-bond acceptors (Lipinski definition) is 1. The van der Waals surface area contributed by atoms with Gasteiger partial charge >= 0.3 is 0 Å². The van der Waals surface area contributed by atoms with Gasteiger partial charge in [0, 0.05) is 22.0 Å². The lowest BCUT2D eigenvalue weighted by molar-refractivity contribution is 0.503. The first-order chi connectivity index (χ1) is 6.94. The third-order valence-electron chi connectivity index (χ3n) is 3.70. The Bertz CT molecular complexity index is 380. The SMILES string of the molecule is CC1(C)CC1(CN)c1c(Cl)cccc1Cl. The highest BCUT2D eigenvalue weighted by atomic mass is 35.5. The minimum Gasteiger partial charge on any atom is -0.330 e. The first-order valence-electron chi connectivity index (χ1n) is 5.09. The van der Waals surface area contributed by atoms with Crippen LogP contribution >= 0.6 is 23.2 Å². The molecule has 1 aromatic rings. The fraction of sp³-hybridized carbons (Fsp3) is 0.500. The largest absolute Gasteiger partial charge is 0.330 e. The molecule has 2 rings (SSSR count). The normalized spacial score (nSPS) is 27.8. The van der Waals surface area contributed by atoms with Crippen molar-refractivity contribution in [3.8, 4) is 0 Å². The predicted octanol–water partition coefficient (Wildman–Crippen LogP) is 3.62. The van der Waals surface area contributed by atoms with E-state index in [-0.39, 0.29) is 10.8 Å². The Balaban J connectivity index is 2.55. The molecule has 0 radical (unpaired) electrons. The lowest BCUT2D eigenvalue weighted by Gasteiger charge is -2.21. The van der Waals surface area contributed by atoms with Crippen LogP contribution in [0.15, 0.2) is 18.2 Å². The Kier molecular flexibility index (Phi) is 2.53. The molecule has 0 bridgehead atoms. The van der Waals surface area contributed by atoms with E-state index in [1.165, 1.54) is 0 Å². The summed E-state index contributed by atoms with van der Waals surface area (Å²) < 4.78 is 0. The number of nitrogens with two attached hydrogens (primary N) is 1. The van der Waals surface area contributed by atoms with Crippen molar-refractivity contribution in [2.75, 3.05) is 6.54 Å². The molecule has 0 spiro atoms. The molecule has 1 unspecified atom stereocenters. The lowest BCUT2D eigenvalue weighted by Crippen LogP contribution is -2.26. The summed E-state index contributed by atoms with van der Waals surface area (Å²) in [5, 5.41) is 1.47. The molecule has 0 aromatic heterocycles. The van der Waals surface area contributed by atoms with E-state index in [0.717, 1.165) is 22.0 Å². The number of benzene rings is 1. The molecule has 1 fully saturated rings. The van der Waals surface area contributed by atoms with Crippen LogP contribution in [0, 0.1) is 5.41 Å². The summed E-state index contributed by atoms with van der Waals surface area (Å²) in [6.07, 6.45) is 1.06. The first-order valence-corrected chi connectivity index (χ1v) is 5.85. The van der Waals surface area contributed by atoms with Crippen LogP contribution in [0.3, 0.4) is 0 Å². The summed E-state index contributed by atoms with van der Waals surface area (Å²) in [6, 6.07) is 5.64. The second-order valence-electron chi connectivity index (χ2n) is 4.94. The zero-order chi connectivity index (χ0) is 11.3. The van der Waals surface area contributed by atoms with Gasteiger partial charge in [-0.1, -0.05) is 43.1 Å². The molecule has 1 saturated carbocycles. The fourth-order valence-electron chi connectivity index (χ4n) is 2.54. The topological polar surface area (TPSA) is 26.0 Å². The Morgan fingerprint density at radius 2 is 1.73 bits per heavy atom. The van der Waals surface area contributed by atoms with Gasteiger partial charge in [-0.05, 0) is 29.5 Å². The van der Waals surface area contributed by atoms with Gasteiger partial charge in [0.05, 0.1) is 0 Å². The Morgan fingerprint density at radius 1 is 1.27 bits per heavy atom. The molecule has 1 atom stereocenters. The minimum absolute atomic E-state index is 0.0254. The summed E-state index contributed by atoms with van der Waals surface area (Å²) in [6.45, 7) is 5.02. The van der Waals surface area contributed by atoms with Crippen LogP contribution in [-0.2, 0) is 5.41 Å². The Morgan fingerprint density at radius 3 is 2.07 bits per heavy atom. The molecule has 0 amide bonds. The van der Waals surface area contributed by atoms with Crippen LogP contribution in [0.5, 0.6) is 0 Å². The molecule has 1 nitrogen and oxygen atoms in total. The van der Waals surface area contributed by atoms with Crippen LogP contribution in [0.25, 0.3) is 0 Å². The second kappa shape index (κ2) is 3.38. The molecule has 1 aliphatic rings. The molecule has 1 aliphatic carbocycles. The number of halogens is 2. The highest BCUT2D eigenvalue weighted by molar-refractivity contribution is 6.36. The van der Waals surface area contributed by atoms with Crippen molar-refractivity contribution in [3.05, 3.63) is 33.8 Å². The minimum atomic E-state index is -0.0254. The monoisotopic (exact) mass is 243 g/mol. The van der Waals surface area contributed by atoms with Crippen molar-refractivity contribution in [2.24, 2.45) is 11.1 Å². The molecule has 15 heavy (non-hydrogen) atoms. The molecule has 2 N–H and O–H groups in total. The van der Waals surface area contributed by atoms with E-state index in [1.54, 1.807) is 0 Å². The quantitative estimate of drug-likeness (QED) is 0.844. The van der Waals surface area contributed by atoms with Crippen LogP contribution in [0.2, 0.25) is 10.0 Å². The molecular weight excluding hydrogens is 229 g/mol. The van der Waals surface area contributed by atoms with Crippen molar-refractivity contribution in [2.45, 2.75) is 25.7 Å². The highest BCUT2D eigenvalue weighted by Gasteiger charge is 2.62. The van der Waals surface area contributed by atoms with Crippen molar-refractivity contribution < 1.29 is 0 Å². The second-order valence-corrected chi connectivity index (χ2v) is 5.76. The summed E-state index contributed by atoms with van der Waals surface area (Å²) in [5.74, 6) is 0. The maximum absolute atomic E-state index is 6.22. The van der Waals surface area contributed by atoms with Gasteiger partial charge in [0.15, 0.2) is 0 Å². The van der Waals surface area contributed by atoms with E-state index in [2.05, 4.69) is 13.8 Å². The van der Waals surface area contributed by atoms with Gasteiger partial charge in [0.1, 0.15) is 0 Å². The molecule has 3 heteroatoms. The van der Waals surface area contributed by atoms with Crippen molar-refractivity contribution in [1.29, 1.82) is 0 Å². The summed E-state index contributed by atoms with van der Waals surface area (Å²) in [7, 11) is 0. The average Bonchev–Trinajstić information content (AvgIpc) is 2.69. The first kappa shape index (κ1) is 11.3. The van der Waals surface area contributed by atoms with Gasteiger partial charge < -0.3 is 5.73 Å². The summed E-state index contributed by atoms with van der Waals surface area (Å²) >= 11 is 12.4. The fourth-order valence-corrected chi connectivity index (χ4v) is 3.30. The van der Waals surface area contributed by atoms with E-state index in [0.29, 0.717) is 6.54 Å². The number of rotatable bonds is 2. The molecule has 0 heterocycles. The van der Waals surface area contributed by atoms with Crippen LogP contribution < -0.4 is 5.73 Å². The lowest BCUT2D eigenvalue weighted by atomic mass is 9.88. The maximum Gasteiger partial charge on any atom is 0.0459 e. The van der Waals surface area contributed by atoms with E-state index >= 15 is 0 Å². The Hall–Kier alpha value is -0.240. The summed E-state index contributed by atoms with van der Waals surface area (Å²) in [4.78, 5) is 0. The molecule has 0 aliphatic heterocycles. The van der Waals surface area contributed by atoms with Gasteiger partial charge in [0.2, 0.25) is 0 Å². The summed E-state index contributed by atoms with van der Waals surface area (Å²) in [5.41, 5.74) is 7.10. The van der Waals surface area contributed by atoms with E-state index in [1.807, 2.05) is 18.2 Å². The standard InChI is InChI=1S/C12H15Cl2N/c1-11(2)6-12(11,7-15)10-8(13)4-3-5-9(10)14/h3-5H,6-7,15H2,1-2H3.